The summed E-state index contributed by atoms with van der Waals surface area (Å²) in [5, 5.41) is 0. The molecule has 0 aromatic heterocycles. The third-order valence-electron chi connectivity index (χ3n) is 0.872. The van der Waals surface area contributed by atoms with Gasteiger partial charge in [-0.1, -0.05) is 13.8 Å². The van der Waals surface area contributed by atoms with Gasteiger partial charge in [0.15, 0.2) is 0 Å². The van der Waals surface area contributed by atoms with Gasteiger partial charge in [-0.15, -0.1) is 0 Å². The predicted octanol–water partition coefficient (Wildman–Crippen LogP) is 2.65. The lowest BCUT2D eigenvalue weighted by molar-refractivity contribution is 0.0604. The summed E-state index contributed by atoms with van der Waals surface area (Å²) < 4.78 is 4.95. The fourth-order valence-corrected chi connectivity index (χ4v) is 0.498. The molecule has 0 saturated heterocycles. The Morgan fingerprint density at radius 3 is 2.25 bits per heavy atom. The third kappa shape index (κ3) is 7.25. The molecule has 0 aliphatic carbocycles. The molecule has 1 amide bonds. The first-order valence-electron chi connectivity index (χ1n) is 4.08. The zero-order valence-corrected chi connectivity index (χ0v) is 8.42. The van der Waals surface area contributed by atoms with Gasteiger partial charge in [-0.05, 0) is 26.7 Å². The Labute approximate surface area is 73.8 Å². The molecule has 0 radical (unpaired) electrons. The maximum absolute atomic E-state index is 10.9. The number of rotatable bonds is 1. The minimum atomic E-state index is -0.517. The highest BCUT2D eigenvalue weighted by molar-refractivity contribution is 5.80. The van der Waals surface area contributed by atoms with E-state index >= 15 is 0 Å². The molecule has 0 atom stereocenters. The van der Waals surface area contributed by atoms with E-state index in [1.165, 1.54) is 0 Å². The molecule has 0 aliphatic rings. The van der Waals surface area contributed by atoms with Crippen LogP contribution >= 0.6 is 0 Å². The summed E-state index contributed by atoms with van der Waals surface area (Å²) in [6.45, 7) is 9.35. The Hall–Kier alpha value is -0.860. The molecular formula is C9H17NO2. The second-order valence-electron chi connectivity index (χ2n) is 4.00. The Bertz CT molecular complexity index is 177. The van der Waals surface area contributed by atoms with Crippen molar-refractivity contribution in [2.45, 2.75) is 40.2 Å². The summed E-state index contributed by atoms with van der Waals surface area (Å²) in [7, 11) is 0. The first-order chi connectivity index (χ1) is 5.31. The first kappa shape index (κ1) is 11.1. The van der Waals surface area contributed by atoms with Gasteiger partial charge in [0.1, 0.15) is 5.60 Å². The van der Waals surface area contributed by atoms with Crippen LogP contribution in [-0.4, -0.2) is 17.9 Å². The zero-order chi connectivity index (χ0) is 9.78. The molecule has 0 aromatic rings. The summed E-state index contributed by atoms with van der Waals surface area (Å²) in [5.74, 6) is 0.275. The van der Waals surface area contributed by atoms with Crippen molar-refractivity contribution in [2.24, 2.45) is 10.9 Å². The van der Waals surface area contributed by atoms with Crippen LogP contribution in [0.2, 0.25) is 0 Å². The molecule has 0 aromatic carbocycles. The standard InChI is InChI=1S/C9H17NO2/c1-7(2)6-10-8(11)12-9(3,4)5/h6-7H,1-5H3/b10-6-. The minimum absolute atomic E-state index is 0.275. The summed E-state index contributed by atoms with van der Waals surface area (Å²) in [5.41, 5.74) is -0.453. The van der Waals surface area contributed by atoms with E-state index in [1.807, 2.05) is 34.6 Å². The number of carbonyl (C=O) groups is 1. The third-order valence-corrected chi connectivity index (χ3v) is 0.872. The fourth-order valence-electron chi connectivity index (χ4n) is 0.498. The van der Waals surface area contributed by atoms with Crippen LogP contribution in [0.5, 0.6) is 0 Å². The smallest absolute Gasteiger partial charge is 0.433 e. The molecule has 3 nitrogen and oxygen atoms in total. The monoisotopic (exact) mass is 171 g/mol. The van der Waals surface area contributed by atoms with Crippen LogP contribution < -0.4 is 0 Å². The Kier molecular flexibility index (Phi) is 3.93. The number of ether oxygens (including phenoxy) is 1. The second-order valence-corrected chi connectivity index (χ2v) is 4.00. The molecule has 0 saturated carbocycles. The molecule has 0 heterocycles. The van der Waals surface area contributed by atoms with Gasteiger partial charge in [-0.3, -0.25) is 0 Å². The van der Waals surface area contributed by atoms with Gasteiger partial charge in [0.25, 0.3) is 0 Å². The van der Waals surface area contributed by atoms with E-state index in [0.717, 1.165) is 0 Å². The van der Waals surface area contributed by atoms with E-state index in [0.29, 0.717) is 0 Å². The van der Waals surface area contributed by atoms with Crippen LogP contribution in [0.1, 0.15) is 34.6 Å². The van der Waals surface area contributed by atoms with Gasteiger partial charge >= 0.3 is 6.09 Å². The number of aliphatic imine (C=N–C) groups is 1. The summed E-state index contributed by atoms with van der Waals surface area (Å²) in [6.07, 6.45) is 1.06. The van der Waals surface area contributed by atoms with Crippen molar-refractivity contribution in [3.63, 3.8) is 0 Å². The van der Waals surface area contributed by atoms with Gasteiger partial charge < -0.3 is 4.74 Å². The van der Waals surface area contributed by atoms with Crippen LogP contribution in [0.15, 0.2) is 4.99 Å². The highest BCUT2D eigenvalue weighted by atomic mass is 16.6. The van der Waals surface area contributed by atoms with Gasteiger partial charge in [0, 0.05) is 6.21 Å². The second kappa shape index (κ2) is 4.24. The molecule has 0 spiro atoms. The number of carbonyl (C=O) groups excluding carboxylic acids is 1. The van der Waals surface area contributed by atoms with Crippen molar-refractivity contribution in [1.29, 1.82) is 0 Å². The highest BCUT2D eigenvalue weighted by Gasteiger charge is 2.14. The van der Waals surface area contributed by atoms with E-state index < -0.39 is 11.7 Å². The average molecular weight is 171 g/mol. The van der Waals surface area contributed by atoms with Crippen LogP contribution in [0, 0.1) is 5.92 Å². The zero-order valence-electron chi connectivity index (χ0n) is 8.42. The van der Waals surface area contributed by atoms with E-state index in [9.17, 15) is 4.79 Å². The molecule has 0 aliphatic heterocycles. The SMILES string of the molecule is CC(C)/C=N\C(=O)OC(C)(C)C. The lowest BCUT2D eigenvalue weighted by Crippen LogP contribution is -2.22. The van der Waals surface area contributed by atoms with E-state index in [1.54, 1.807) is 6.21 Å². The van der Waals surface area contributed by atoms with E-state index in [-0.39, 0.29) is 5.92 Å². The summed E-state index contributed by atoms with van der Waals surface area (Å²) in [4.78, 5) is 14.6. The molecule has 70 valence electrons. The van der Waals surface area contributed by atoms with Crippen LogP contribution in [0.25, 0.3) is 0 Å². The molecule has 0 N–H and O–H groups in total. The van der Waals surface area contributed by atoms with Crippen molar-refractivity contribution < 1.29 is 9.53 Å². The molecule has 0 unspecified atom stereocenters. The van der Waals surface area contributed by atoms with Crippen molar-refractivity contribution in [2.75, 3.05) is 0 Å². The van der Waals surface area contributed by atoms with Gasteiger partial charge in [-0.25, -0.2) is 4.79 Å². The normalized spacial score (nSPS) is 12.5. The van der Waals surface area contributed by atoms with Crippen molar-refractivity contribution in [1.82, 2.24) is 0 Å². The van der Waals surface area contributed by atoms with E-state index in [4.69, 9.17) is 4.74 Å². The Morgan fingerprint density at radius 2 is 1.92 bits per heavy atom. The first-order valence-corrected chi connectivity index (χ1v) is 4.08. The maximum Gasteiger partial charge on any atom is 0.433 e. The van der Waals surface area contributed by atoms with Gasteiger partial charge in [0.05, 0.1) is 0 Å². The van der Waals surface area contributed by atoms with E-state index in [2.05, 4.69) is 4.99 Å². The van der Waals surface area contributed by atoms with Gasteiger partial charge in [0.2, 0.25) is 0 Å². The topological polar surface area (TPSA) is 38.7 Å². The lowest BCUT2D eigenvalue weighted by Gasteiger charge is -2.17. The summed E-state index contributed by atoms with van der Waals surface area (Å²) in [6, 6.07) is 0. The fraction of sp³-hybridized carbons (Fsp3) is 0.778. The van der Waals surface area contributed by atoms with Crippen LogP contribution in [-0.2, 0) is 4.74 Å². The average Bonchev–Trinajstić information content (AvgIpc) is 1.79. The van der Waals surface area contributed by atoms with Crippen molar-refractivity contribution in [3.05, 3.63) is 0 Å². The Balaban J connectivity index is 3.91. The number of hydrogen-bond acceptors (Lipinski definition) is 2. The number of nitrogens with zero attached hydrogens (tertiary/aromatic N) is 1. The predicted molar refractivity (Wildman–Crippen MR) is 49.6 cm³/mol. The van der Waals surface area contributed by atoms with Gasteiger partial charge in [-0.2, -0.15) is 4.99 Å². The maximum atomic E-state index is 10.9. The van der Waals surface area contributed by atoms with Crippen LogP contribution in [0.3, 0.4) is 0 Å². The van der Waals surface area contributed by atoms with Crippen LogP contribution in [0.4, 0.5) is 4.79 Å². The molecule has 0 fully saturated rings. The lowest BCUT2D eigenvalue weighted by atomic mass is 10.2. The Morgan fingerprint density at radius 1 is 1.42 bits per heavy atom. The quantitative estimate of drug-likeness (QED) is 0.569. The minimum Gasteiger partial charge on any atom is -0.442 e. The van der Waals surface area contributed by atoms with Crippen molar-refractivity contribution >= 4 is 12.3 Å². The largest absolute Gasteiger partial charge is 0.442 e. The number of hydrogen-bond donors (Lipinski definition) is 0. The molecule has 0 bridgehead atoms. The molecule has 12 heavy (non-hydrogen) atoms. The van der Waals surface area contributed by atoms with Crippen molar-refractivity contribution in [3.8, 4) is 0 Å². The molecule has 3 heteroatoms. The summed E-state index contributed by atoms with van der Waals surface area (Å²) >= 11 is 0. The molecule has 0 rings (SSSR count). The molecular weight excluding hydrogens is 154 g/mol. The highest BCUT2D eigenvalue weighted by Crippen LogP contribution is 2.07. The number of amides is 1.